The summed E-state index contributed by atoms with van der Waals surface area (Å²) < 4.78 is 1.62. The lowest BCUT2D eigenvalue weighted by atomic mass is 10.1. The number of hydrogen-bond acceptors (Lipinski definition) is 3. The van der Waals surface area contributed by atoms with Crippen molar-refractivity contribution < 1.29 is 9.59 Å². The lowest BCUT2D eigenvalue weighted by Gasteiger charge is -2.16. The summed E-state index contributed by atoms with van der Waals surface area (Å²) >= 11 is 0. The van der Waals surface area contributed by atoms with Gasteiger partial charge >= 0.3 is 0 Å². The van der Waals surface area contributed by atoms with Crippen molar-refractivity contribution in [3.05, 3.63) is 66.5 Å². The summed E-state index contributed by atoms with van der Waals surface area (Å²) in [6.07, 6.45) is 2.65. The number of imidazole rings is 1. The van der Waals surface area contributed by atoms with E-state index in [2.05, 4.69) is 22.5 Å². The van der Waals surface area contributed by atoms with Crippen LogP contribution in [0.15, 0.2) is 60.9 Å². The third-order valence-corrected chi connectivity index (χ3v) is 4.78. The highest BCUT2D eigenvalue weighted by Gasteiger charge is 2.34. The van der Waals surface area contributed by atoms with Crippen LogP contribution in [0.1, 0.15) is 12.0 Å². The molecule has 1 unspecified atom stereocenters. The monoisotopic (exact) mass is 348 g/mol. The lowest BCUT2D eigenvalue weighted by molar-refractivity contribution is -0.128. The standard InChI is InChI=1S/C20H20N4O2/c25-19-12-16(13-23(19)11-10-15-6-2-1-3-7-15)20(26)22-24-14-21-17-8-4-5-9-18(17)24/h1-9,14,16H,10-13H2,(H,22,26). The van der Waals surface area contributed by atoms with E-state index in [1.54, 1.807) is 15.9 Å². The van der Waals surface area contributed by atoms with Gasteiger partial charge in [0.25, 0.3) is 0 Å². The molecule has 4 rings (SSSR count). The molecule has 0 aliphatic carbocycles. The molecule has 26 heavy (non-hydrogen) atoms. The second-order valence-electron chi connectivity index (χ2n) is 6.56. The first-order valence-corrected chi connectivity index (χ1v) is 8.75. The maximum atomic E-state index is 12.6. The van der Waals surface area contributed by atoms with Gasteiger partial charge in [-0.2, -0.15) is 0 Å². The fraction of sp³-hybridized carbons (Fsp3) is 0.250. The Morgan fingerprint density at radius 1 is 1.12 bits per heavy atom. The third-order valence-electron chi connectivity index (χ3n) is 4.78. The zero-order valence-electron chi connectivity index (χ0n) is 14.3. The molecule has 132 valence electrons. The van der Waals surface area contributed by atoms with Crippen molar-refractivity contribution in [2.75, 3.05) is 18.5 Å². The molecule has 1 aromatic heterocycles. The summed E-state index contributed by atoms with van der Waals surface area (Å²) in [5, 5.41) is 0. The molecule has 2 aromatic carbocycles. The molecule has 1 aliphatic heterocycles. The van der Waals surface area contributed by atoms with Gasteiger partial charge in [-0.1, -0.05) is 42.5 Å². The topological polar surface area (TPSA) is 67.2 Å². The number of aromatic nitrogens is 2. The van der Waals surface area contributed by atoms with Crippen LogP contribution in [-0.2, 0) is 16.0 Å². The fourth-order valence-corrected chi connectivity index (χ4v) is 3.33. The van der Waals surface area contributed by atoms with E-state index < -0.39 is 0 Å². The molecule has 2 amide bonds. The molecule has 1 N–H and O–H groups in total. The highest BCUT2D eigenvalue weighted by atomic mass is 16.2. The van der Waals surface area contributed by atoms with Gasteiger partial charge < -0.3 is 4.90 Å². The first-order valence-electron chi connectivity index (χ1n) is 8.75. The van der Waals surface area contributed by atoms with E-state index in [0.29, 0.717) is 13.1 Å². The number of para-hydroxylation sites is 2. The first kappa shape index (κ1) is 16.3. The van der Waals surface area contributed by atoms with E-state index in [9.17, 15) is 9.59 Å². The van der Waals surface area contributed by atoms with Crippen LogP contribution in [0.2, 0.25) is 0 Å². The van der Waals surface area contributed by atoms with Crippen molar-refractivity contribution in [1.29, 1.82) is 0 Å². The molecule has 6 heteroatoms. The minimum Gasteiger partial charge on any atom is -0.342 e. The maximum absolute atomic E-state index is 12.6. The van der Waals surface area contributed by atoms with Gasteiger partial charge in [-0.25, -0.2) is 9.66 Å². The average molecular weight is 348 g/mol. The van der Waals surface area contributed by atoms with Crippen molar-refractivity contribution in [3.8, 4) is 0 Å². The van der Waals surface area contributed by atoms with Crippen LogP contribution in [0.25, 0.3) is 11.0 Å². The maximum Gasteiger partial charge on any atom is 0.244 e. The second-order valence-corrected chi connectivity index (χ2v) is 6.56. The Hall–Kier alpha value is -3.15. The molecule has 1 aliphatic rings. The van der Waals surface area contributed by atoms with E-state index in [4.69, 9.17) is 0 Å². The largest absolute Gasteiger partial charge is 0.342 e. The zero-order chi connectivity index (χ0) is 17.9. The predicted molar refractivity (Wildman–Crippen MR) is 98.9 cm³/mol. The van der Waals surface area contributed by atoms with E-state index in [1.807, 2.05) is 42.5 Å². The van der Waals surface area contributed by atoms with Gasteiger partial charge in [0, 0.05) is 19.5 Å². The number of likely N-dealkylation sites (tertiary alicyclic amines) is 1. The minimum absolute atomic E-state index is 0.0385. The summed E-state index contributed by atoms with van der Waals surface area (Å²) in [6, 6.07) is 17.7. The Labute approximate surface area is 151 Å². The summed E-state index contributed by atoms with van der Waals surface area (Å²) in [5.41, 5.74) is 5.71. The number of benzene rings is 2. The molecular formula is C20H20N4O2. The predicted octanol–water partition coefficient (Wildman–Crippen LogP) is 2.20. The Morgan fingerprint density at radius 2 is 1.88 bits per heavy atom. The molecule has 2 heterocycles. The van der Waals surface area contributed by atoms with Crippen LogP contribution in [0.5, 0.6) is 0 Å². The summed E-state index contributed by atoms with van der Waals surface area (Å²) in [5.74, 6) is -0.445. The lowest BCUT2D eigenvalue weighted by Crippen LogP contribution is -2.32. The van der Waals surface area contributed by atoms with Crippen LogP contribution in [-0.4, -0.2) is 39.5 Å². The molecule has 1 atom stereocenters. The normalized spacial score (nSPS) is 17.0. The van der Waals surface area contributed by atoms with Gasteiger partial charge in [0.15, 0.2) is 0 Å². The van der Waals surface area contributed by atoms with Gasteiger partial charge in [0.2, 0.25) is 11.8 Å². The molecule has 0 bridgehead atoms. The zero-order valence-corrected chi connectivity index (χ0v) is 14.3. The summed E-state index contributed by atoms with van der Waals surface area (Å²) in [7, 11) is 0. The van der Waals surface area contributed by atoms with Crippen LogP contribution in [0, 0.1) is 5.92 Å². The van der Waals surface area contributed by atoms with E-state index in [0.717, 1.165) is 17.5 Å². The molecule has 6 nitrogen and oxygen atoms in total. The minimum atomic E-state index is -0.334. The molecule has 3 aromatic rings. The van der Waals surface area contributed by atoms with Crippen LogP contribution < -0.4 is 5.43 Å². The van der Waals surface area contributed by atoms with Gasteiger partial charge in [0.05, 0.1) is 17.0 Å². The van der Waals surface area contributed by atoms with Gasteiger partial charge in [0.1, 0.15) is 6.33 Å². The third kappa shape index (κ3) is 3.31. The Kier molecular flexibility index (Phi) is 4.39. The molecule has 1 saturated heterocycles. The molecule has 0 radical (unpaired) electrons. The quantitative estimate of drug-likeness (QED) is 0.769. The Balaban J connectivity index is 1.37. The van der Waals surface area contributed by atoms with Crippen LogP contribution in [0.4, 0.5) is 0 Å². The summed E-state index contributed by atoms with van der Waals surface area (Å²) in [4.78, 5) is 30.9. The number of nitrogens with one attached hydrogen (secondary N) is 1. The van der Waals surface area contributed by atoms with Crippen molar-refractivity contribution in [3.63, 3.8) is 0 Å². The van der Waals surface area contributed by atoms with Gasteiger partial charge in [-0.3, -0.25) is 15.0 Å². The average Bonchev–Trinajstić information content (AvgIpc) is 3.25. The van der Waals surface area contributed by atoms with Crippen molar-refractivity contribution in [2.45, 2.75) is 12.8 Å². The van der Waals surface area contributed by atoms with Crippen molar-refractivity contribution >= 4 is 22.8 Å². The Morgan fingerprint density at radius 3 is 2.73 bits per heavy atom. The first-order chi connectivity index (χ1) is 12.7. The van der Waals surface area contributed by atoms with Gasteiger partial charge in [-0.05, 0) is 24.1 Å². The molecule has 0 saturated carbocycles. The van der Waals surface area contributed by atoms with E-state index in [1.165, 1.54) is 5.56 Å². The molecule has 1 fully saturated rings. The van der Waals surface area contributed by atoms with E-state index in [-0.39, 0.29) is 24.2 Å². The van der Waals surface area contributed by atoms with E-state index >= 15 is 0 Å². The van der Waals surface area contributed by atoms with Crippen molar-refractivity contribution in [2.24, 2.45) is 5.92 Å². The highest BCUT2D eigenvalue weighted by Crippen LogP contribution is 2.19. The van der Waals surface area contributed by atoms with Crippen molar-refractivity contribution in [1.82, 2.24) is 14.6 Å². The van der Waals surface area contributed by atoms with Crippen LogP contribution in [0.3, 0.4) is 0 Å². The number of carbonyl (C=O) groups excluding carboxylic acids is 2. The number of amides is 2. The SMILES string of the molecule is O=C(Nn1cnc2ccccc21)C1CC(=O)N(CCc2ccccc2)C1. The number of rotatable bonds is 5. The highest BCUT2D eigenvalue weighted by molar-refractivity contribution is 5.94. The number of hydrogen-bond donors (Lipinski definition) is 1. The molecular weight excluding hydrogens is 328 g/mol. The second kappa shape index (κ2) is 7.00. The number of carbonyl (C=O) groups is 2. The summed E-state index contributed by atoms with van der Waals surface area (Å²) in [6.45, 7) is 1.10. The fourth-order valence-electron chi connectivity index (χ4n) is 3.33. The smallest absolute Gasteiger partial charge is 0.244 e. The van der Waals surface area contributed by atoms with Crippen LogP contribution >= 0.6 is 0 Å². The molecule has 0 spiro atoms. The number of nitrogens with zero attached hydrogens (tertiary/aromatic N) is 3. The number of fused-ring (bicyclic) bond motifs is 1. The Bertz CT molecular complexity index is 935. The van der Waals surface area contributed by atoms with Gasteiger partial charge in [-0.15, -0.1) is 0 Å².